The highest BCUT2D eigenvalue weighted by atomic mass is 35.5. The third kappa shape index (κ3) is 4.02. The van der Waals surface area contributed by atoms with Crippen LogP contribution in [0.25, 0.3) is 0 Å². The molecule has 1 rings (SSSR count). The summed E-state index contributed by atoms with van der Waals surface area (Å²) in [6.07, 6.45) is 0. The summed E-state index contributed by atoms with van der Waals surface area (Å²) in [5.41, 5.74) is 1.42. The van der Waals surface area contributed by atoms with Crippen molar-refractivity contribution < 1.29 is 14.8 Å². The number of benzene rings is 1. The quantitative estimate of drug-likeness (QED) is 0.725. The Morgan fingerprint density at radius 3 is 2.38 bits per heavy atom. The van der Waals surface area contributed by atoms with Crippen LogP contribution in [0.1, 0.15) is 5.56 Å². The number of hydrogen-bond acceptors (Lipinski definition) is 4. The molecule has 0 heterocycles. The van der Waals surface area contributed by atoms with Crippen LogP contribution in [0.2, 0.25) is 0 Å². The molecule has 90 valence electrons. The molecule has 0 aliphatic rings. The number of rotatable bonds is 4. The predicted octanol–water partition coefficient (Wildman–Crippen LogP) is -0.142. The summed E-state index contributed by atoms with van der Waals surface area (Å²) >= 11 is 0. The highest BCUT2D eigenvalue weighted by molar-refractivity contribution is 6.58. The first-order chi connectivity index (χ1) is 7.04. The second kappa shape index (κ2) is 6.76. The van der Waals surface area contributed by atoms with E-state index in [-0.39, 0.29) is 12.4 Å². The van der Waals surface area contributed by atoms with Gasteiger partial charge in [-0.25, -0.2) is 0 Å². The average Bonchev–Trinajstić information content (AvgIpc) is 2.16. The number of halogens is 1. The van der Waals surface area contributed by atoms with Crippen LogP contribution >= 0.6 is 12.4 Å². The van der Waals surface area contributed by atoms with Crippen LogP contribution in [0.15, 0.2) is 18.2 Å². The third-order valence-corrected chi connectivity index (χ3v) is 2.09. The number of hydrogen-bond donors (Lipinski definition) is 2. The second-order valence-corrected chi connectivity index (χ2v) is 3.68. The van der Waals surface area contributed by atoms with Crippen molar-refractivity contribution in [3.63, 3.8) is 0 Å². The summed E-state index contributed by atoms with van der Waals surface area (Å²) in [5, 5.41) is 18.1. The Balaban J connectivity index is 0.00000225. The van der Waals surface area contributed by atoms with Gasteiger partial charge in [-0.15, -0.1) is 12.4 Å². The lowest BCUT2D eigenvalue weighted by Gasteiger charge is -2.14. The molecule has 0 bridgehead atoms. The van der Waals surface area contributed by atoms with Gasteiger partial charge in [0.05, 0.1) is 7.11 Å². The van der Waals surface area contributed by atoms with Crippen LogP contribution in [0.3, 0.4) is 0 Å². The van der Waals surface area contributed by atoms with E-state index in [1.54, 1.807) is 25.3 Å². The molecule has 6 heteroatoms. The van der Waals surface area contributed by atoms with Crippen molar-refractivity contribution in [1.29, 1.82) is 0 Å². The van der Waals surface area contributed by atoms with E-state index in [2.05, 4.69) is 0 Å². The molecule has 1 aromatic carbocycles. The maximum Gasteiger partial charge on any atom is 0.488 e. The van der Waals surface area contributed by atoms with Gasteiger partial charge in [-0.1, -0.05) is 12.1 Å². The third-order valence-electron chi connectivity index (χ3n) is 2.09. The standard InChI is InChI=1S/C10H16BNO3.ClH/c1-12(2)7-8-6-9(11(13)14)4-5-10(8)15-3;/h4-6,13-14H,7H2,1-3H3;1H. The zero-order valence-electron chi connectivity index (χ0n) is 9.67. The van der Waals surface area contributed by atoms with Crippen LogP contribution < -0.4 is 10.2 Å². The van der Waals surface area contributed by atoms with Gasteiger partial charge in [-0.2, -0.15) is 0 Å². The SMILES string of the molecule is COc1ccc(B(O)O)cc1CN(C)C.Cl. The van der Waals surface area contributed by atoms with Crippen molar-refractivity contribution in [2.75, 3.05) is 21.2 Å². The van der Waals surface area contributed by atoms with Gasteiger partial charge in [0.2, 0.25) is 0 Å². The van der Waals surface area contributed by atoms with E-state index >= 15 is 0 Å². The van der Waals surface area contributed by atoms with Crippen molar-refractivity contribution in [3.8, 4) is 5.75 Å². The van der Waals surface area contributed by atoms with Gasteiger partial charge in [0.15, 0.2) is 0 Å². The van der Waals surface area contributed by atoms with Gasteiger partial charge in [0, 0.05) is 12.1 Å². The van der Waals surface area contributed by atoms with Gasteiger partial charge in [-0.3, -0.25) is 0 Å². The highest BCUT2D eigenvalue weighted by Gasteiger charge is 2.13. The molecule has 0 amide bonds. The van der Waals surface area contributed by atoms with Gasteiger partial charge in [-0.05, 0) is 25.6 Å². The predicted molar refractivity (Wildman–Crippen MR) is 67.5 cm³/mol. The minimum atomic E-state index is -1.43. The molecular formula is C10H17BClNO3. The van der Waals surface area contributed by atoms with Crippen molar-refractivity contribution in [2.24, 2.45) is 0 Å². The Hall–Kier alpha value is -0.745. The zero-order chi connectivity index (χ0) is 11.4. The average molecular weight is 246 g/mol. The zero-order valence-corrected chi connectivity index (χ0v) is 10.5. The molecule has 0 aliphatic carbocycles. The van der Waals surface area contributed by atoms with E-state index in [0.717, 1.165) is 11.3 Å². The topological polar surface area (TPSA) is 52.9 Å². The van der Waals surface area contributed by atoms with Crippen molar-refractivity contribution in [1.82, 2.24) is 4.90 Å². The van der Waals surface area contributed by atoms with Gasteiger partial charge in [0.1, 0.15) is 5.75 Å². The molecule has 0 fully saturated rings. The van der Waals surface area contributed by atoms with Gasteiger partial charge in [0.25, 0.3) is 0 Å². The molecule has 0 saturated heterocycles. The number of methoxy groups -OCH3 is 1. The van der Waals surface area contributed by atoms with Crippen LogP contribution in [0.4, 0.5) is 0 Å². The maximum absolute atomic E-state index is 9.05. The molecule has 0 radical (unpaired) electrons. The first-order valence-corrected chi connectivity index (χ1v) is 4.72. The Morgan fingerprint density at radius 2 is 1.94 bits per heavy atom. The fourth-order valence-electron chi connectivity index (χ4n) is 1.42. The fraction of sp³-hybridized carbons (Fsp3) is 0.400. The molecule has 0 aromatic heterocycles. The Morgan fingerprint density at radius 1 is 1.31 bits per heavy atom. The normalized spacial score (nSPS) is 9.88. The lowest BCUT2D eigenvalue weighted by molar-refractivity contribution is 0.371. The van der Waals surface area contributed by atoms with Crippen molar-refractivity contribution in [2.45, 2.75) is 6.54 Å². The number of ether oxygens (including phenoxy) is 1. The highest BCUT2D eigenvalue weighted by Crippen LogP contribution is 2.17. The summed E-state index contributed by atoms with van der Waals surface area (Å²) in [5.74, 6) is 0.758. The van der Waals surface area contributed by atoms with Crippen molar-refractivity contribution in [3.05, 3.63) is 23.8 Å². The Kier molecular flexibility index (Phi) is 6.44. The molecule has 0 aliphatic heterocycles. The summed E-state index contributed by atoms with van der Waals surface area (Å²) < 4.78 is 5.19. The second-order valence-electron chi connectivity index (χ2n) is 3.68. The minimum absolute atomic E-state index is 0. The Labute approximate surface area is 102 Å². The summed E-state index contributed by atoms with van der Waals surface area (Å²) in [4.78, 5) is 1.99. The molecular weight excluding hydrogens is 228 g/mol. The van der Waals surface area contributed by atoms with Crippen LogP contribution in [0, 0.1) is 0 Å². The van der Waals surface area contributed by atoms with E-state index < -0.39 is 7.12 Å². The van der Waals surface area contributed by atoms with E-state index in [9.17, 15) is 0 Å². The van der Waals surface area contributed by atoms with Crippen LogP contribution in [-0.2, 0) is 6.54 Å². The largest absolute Gasteiger partial charge is 0.496 e. The number of nitrogens with zero attached hydrogens (tertiary/aromatic N) is 1. The lowest BCUT2D eigenvalue weighted by Crippen LogP contribution is -2.30. The van der Waals surface area contributed by atoms with E-state index in [1.165, 1.54) is 0 Å². The molecule has 0 unspecified atom stereocenters. The molecule has 0 spiro atoms. The summed E-state index contributed by atoms with van der Waals surface area (Å²) in [7, 11) is 4.06. The van der Waals surface area contributed by atoms with Gasteiger partial charge < -0.3 is 19.7 Å². The van der Waals surface area contributed by atoms with E-state index in [4.69, 9.17) is 14.8 Å². The smallest absolute Gasteiger partial charge is 0.488 e. The molecule has 16 heavy (non-hydrogen) atoms. The summed E-state index contributed by atoms with van der Waals surface area (Å²) in [6, 6.07) is 5.12. The first-order valence-electron chi connectivity index (χ1n) is 4.72. The molecule has 0 saturated carbocycles. The molecule has 0 atom stereocenters. The molecule has 4 nitrogen and oxygen atoms in total. The van der Waals surface area contributed by atoms with Gasteiger partial charge >= 0.3 is 7.12 Å². The van der Waals surface area contributed by atoms with Crippen LogP contribution in [0.5, 0.6) is 5.75 Å². The lowest BCUT2D eigenvalue weighted by atomic mass is 9.79. The Bertz CT molecular complexity index is 334. The van der Waals surface area contributed by atoms with E-state index in [0.29, 0.717) is 12.0 Å². The molecule has 1 aromatic rings. The van der Waals surface area contributed by atoms with Crippen LogP contribution in [-0.4, -0.2) is 43.3 Å². The molecule has 2 N–H and O–H groups in total. The van der Waals surface area contributed by atoms with E-state index in [1.807, 2.05) is 19.0 Å². The first kappa shape index (κ1) is 15.3. The minimum Gasteiger partial charge on any atom is -0.496 e. The van der Waals surface area contributed by atoms with Crippen molar-refractivity contribution >= 4 is 25.0 Å². The summed E-state index contributed by atoms with van der Waals surface area (Å²) in [6.45, 7) is 0.698. The monoisotopic (exact) mass is 245 g/mol. The fourth-order valence-corrected chi connectivity index (χ4v) is 1.42. The maximum atomic E-state index is 9.05.